The van der Waals surface area contributed by atoms with Crippen LogP contribution in [0.15, 0.2) is 176 Å². The number of para-hydroxylation sites is 3. The summed E-state index contributed by atoms with van der Waals surface area (Å²) in [6, 6.07) is 62.4. The number of ether oxygens (including phenoxy) is 1. The first-order chi connectivity index (χ1) is 40.7. The average molecular weight is 1340 g/mol. The zero-order valence-electron chi connectivity index (χ0n) is 50.7. The molecule has 11 aromatic rings. The molecule has 9 aromatic carbocycles. The molecule has 0 saturated heterocycles. The fourth-order valence-electron chi connectivity index (χ4n) is 11.4. The van der Waals surface area contributed by atoms with E-state index in [9.17, 15) is 0 Å². The number of aromatic nitrogens is 2. The van der Waals surface area contributed by atoms with Crippen molar-refractivity contribution in [3.05, 3.63) is 246 Å². The Kier molecular flexibility index (Phi) is 15.6. The second-order valence-electron chi connectivity index (χ2n) is 26.5. The Bertz CT molecular complexity index is 4410. The largest absolute Gasteiger partial charge is 0.509 e. The normalized spacial score (nSPS) is 12.9. The first kappa shape index (κ1) is 60.4. The molecule has 0 N–H and O–H groups in total. The topological polar surface area (TPSA) is 33.5 Å². The molecule has 0 fully saturated rings. The standard InChI is InChI=1S/C76H66F5N4O.Pt/c1-73(2,3)50-28-26-46(27-29-50)47-36-54(42-56(37-47)86-55-30-31-58-57-22-16-17-23-61(57)85(64(58)43-55)65-41-51(32-33-82-65)74(4,5)6)83-44-84(63-25-19-18-24-62(63)83)72-59(49-34-52(75(7,8)9)40-53(35-49)76(10,11)12)38-48(45-20-14-13-15-21-45)39-60(72)66-67(77)69(79)71(81)70(80)68(66)78;/h13-41,44H,1-12H3;/q-3;. The Balaban J connectivity index is 0.00000784. The number of halogens is 5. The number of benzene rings is 9. The second kappa shape index (κ2) is 22.4. The van der Waals surface area contributed by atoms with Crippen molar-refractivity contribution in [1.29, 1.82) is 0 Å². The van der Waals surface area contributed by atoms with Crippen LogP contribution in [0.3, 0.4) is 0 Å². The molecule has 0 aliphatic carbocycles. The maximum Gasteiger partial charge on any atom is 0.200 e. The molecule has 3 heterocycles. The van der Waals surface area contributed by atoms with Gasteiger partial charge in [0, 0.05) is 72.5 Å². The fraction of sp³-hybridized carbons (Fsp3) is 0.211. The third-order valence-electron chi connectivity index (χ3n) is 16.3. The second-order valence-corrected chi connectivity index (χ2v) is 26.5. The summed E-state index contributed by atoms with van der Waals surface area (Å²) in [5.74, 6) is -8.72. The number of pyridine rings is 1. The Morgan fingerprint density at radius 3 is 1.61 bits per heavy atom. The summed E-state index contributed by atoms with van der Waals surface area (Å²) in [7, 11) is 0. The van der Waals surface area contributed by atoms with Crippen molar-refractivity contribution in [3.8, 4) is 61.8 Å². The molecule has 1 aliphatic rings. The van der Waals surface area contributed by atoms with Crippen LogP contribution in [-0.4, -0.2) is 9.55 Å². The van der Waals surface area contributed by atoms with E-state index < -0.39 is 34.6 Å². The Morgan fingerprint density at radius 2 is 0.977 bits per heavy atom. The molecular formula is C76H66F5N4OPt-3. The van der Waals surface area contributed by atoms with Crippen molar-refractivity contribution in [1.82, 2.24) is 9.55 Å². The van der Waals surface area contributed by atoms with E-state index in [1.165, 1.54) is 6.07 Å². The van der Waals surface area contributed by atoms with E-state index >= 15 is 22.0 Å². The average Bonchev–Trinajstić information content (AvgIpc) is 1.80. The molecule has 0 unspecified atom stereocenters. The quantitative estimate of drug-likeness (QED) is 0.0624. The van der Waals surface area contributed by atoms with Gasteiger partial charge in [-0.2, -0.15) is 6.07 Å². The number of nitrogens with zero attached hydrogens (tertiary/aromatic N) is 4. The third kappa shape index (κ3) is 11.3. The summed E-state index contributed by atoms with van der Waals surface area (Å²) in [6.07, 6.45) is 1.84. The van der Waals surface area contributed by atoms with Crippen LogP contribution >= 0.6 is 0 Å². The van der Waals surface area contributed by atoms with Gasteiger partial charge in [0.05, 0.1) is 5.56 Å². The predicted octanol–water partition coefficient (Wildman–Crippen LogP) is 21.5. The summed E-state index contributed by atoms with van der Waals surface area (Å²) < 4.78 is 89.9. The minimum absolute atomic E-state index is 0. The van der Waals surface area contributed by atoms with Gasteiger partial charge in [0.2, 0.25) is 5.82 Å². The van der Waals surface area contributed by atoms with E-state index in [0.29, 0.717) is 50.8 Å². The Hall–Kier alpha value is -8.33. The molecule has 87 heavy (non-hydrogen) atoms. The van der Waals surface area contributed by atoms with Crippen molar-refractivity contribution in [3.63, 3.8) is 0 Å². The molecule has 0 spiro atoms. The smallest absolute Gasteiger partial charge is 0.200 e. The molecule has 11 heteroatoms. The molecular weight excluding hydrogens is 1270 g/mol. The SMILES string of the molecule is CC(C)(C)c1ccc(-c2cc(Oc3[c-]c4c(cc3)c3ccccc3n4-c3cc(C(C)(C)C)ccn3)[c-]c(N3[CH-]N(c4c(-c5cc(C(C)(C)C)cc(C(C)(C)C)c5)cc(-c5ccccc5)cc4-c4c(F)c(F)c(F)c(F)c4F)c4ccccc43)c2)cc1.[Pt]. The van der Waals surface area contributed by atoms with Crippen LogP contribution in [0, 0.1) is 47.9 Å². The van der Waals surface area contributed by atoms with Gasteiger partial charge >= 0.3 is 0 Å². The van der Waals surface area contributed by atoms with Crippen molar-refractivity contribution < 1.29 is 47.8 Å². The van der Waals surface area contributed by atoms with Crippen LogP contribution in [0.5, 0.6) is 11.5 Å². The van der Waals surface area contributed by atoms with Gasteiger partial charge in [-0.05, 0) is 114 Å². The van der Waals surface area contributed by atoms with Crippen LogP contribution in [0.25, 0.3) is 72.1 Å². The molecule has 5 nitrogen and oxygen atoms in total. The summed E-state index contributed by atoms with van der Waals surface area (Å²) in [4.78, 5) is 8.59. The number of rotatable bonds is 9. The molecule has 0 radical (unpaired) electrons. The first-order valence-corrected chi connectivity index (χ1v) is 29.0. The zero-order valence-corrected chi connectivity index (χ0v) is 53.0. The van der Waals surface area contributed by atoms with Gasteiger partial charge in [-0.25, -0.2) is 26.9 Å². The minimum Gasteiger partial charge on any atom is -0.509 e. The summed E-state index contributed by atoms with van der Waals surface area (Å²) >= 11 is 0. The van der Waals surface area contributed by atoms with Gasteiger partial charge in [0.15, 0.2) is 23.3 Å². The van der Waals surface area contributed by atoms with E-state index in [-0.39, 0.29) is 54.0 Å². The molecule has 0 amide bonds. The zero-order chi connectivity index (χ0) is 60.9. The van der Waals surface area contributed by atoms with Gasteiger partial charge in [-0.1, -0.05) is 192 Å². The maximum atomic E-state index is 16.9. The fourth-order valence-corrected chi connectivity index (χ4v) is 11.4. The summed E-state index contributed by atoms with van der Waals surface area (Å²) in [6.45, 7) is 27.5. The number of anilines is 4. The third-order valence-corrected chi connectivity index (χ3v) is 16.3. The van der Waals surface area contributed by atoms with Gasteiger partial charge in [0.1, 0.15) is 5.82 Å². The maximum absolute atomic E-state index is 16.9. The van der Waals surface area contributed by atoms with E-state index in [2.05, 4.69) is 160 Å². The van der Waals surface area contributed by atoms with Gasteiger partial charge < -0.3 is 19.1 Å². The van der Waals surface area contributed by atoms with Gasteiger partial charge in [-0.3, -0.25) is 0 Å². The van der Waals surface area contributed by atoms with Gasteiger partial charge in [0.25, 0.3) is 0 Å². The van der Waals surface area contributed by atoms with Crippen LogP contribution in [0.4, 0.5) is 44.7 Å². The van der Waals surface area contributed by atoms with E-state index in [1.54, 1.807) is 11.6 Å². The van der Waals surface area contributed by atoms with E-state index in [4.69, 9.17) is 9.72 Å². The molecule has 12 rings (SSSR count). The van der Waals surface area contributed by atoms with Crippen LogP contribution in [0.1, 0.15) is 105 Å². The molecule has 0 atom stereocenters. The van der Waals surface area contributed by atoms with Crippen LogP contribution < -0.4 is 14.5 Å². The van der Waals surface area contributed by atoms with Crippen LogP contribution in [0.2, 0.25) is 0 Å². The van der Waals surface area contributed by atoms with Crippen molar-refractivity contribution in [2.24, 2.45) is 0 Å². The van der Waals surface area contributed by atoms with Crippen molar-refractivity contribution >= 4 is 44.6 Å². The minimum atomic E-state index is -2.24. The van der Waals surface area contributed by atoms with Crippen molar-refractivity contribution in [2.45, 2.75) is 105 Å². The number of fused-ring (bicyclic) bond motifs is 4. The molecule has 1 aliphatic heterocycles. The number of hydrogen-bond acceptors (Lipinski definition) is 4. The van der Waals surface area contributed by atoms with E-state index in [0.717, 1.165) is 61.0 Å². The molecule has 444 valence electrons. The number of hydrogen-bond donors (Lipinski definition) is 0. The Labute approximate surface area is 521 Å². The monoisotopic (exact) mass is 1340 g/mol. The molecule has 0 saturated carbocycles. The van der Waals surface area contributed by atoms with Gasteiger partial charge in [-0.15, -0.1) is 53.6 Å². The molecule has 2 aromatic heterocycles. The molecule has 0 bridgehead atoms. The van der Waals surface area contributed by atoms with Crippen molar-refractivity contribution in [2.75, 3.05) is 9.80 Å². The Morgan fingerprint density at radius 1 is 0.425 bits per heavy atom. The van der Waals surface area contributed by atoms with E-state index in [1.807, 2.05) is 114 Å². The summed E-state index contributed by atoms with van der Waals surface area (Å²) in [5.41, 5.74) is 9.65. The first-order valence-electron chi connectivity index (χ1n) is 29.0. The predicted molar refractivity (Wildman–Crippen MR) is 341 cm³/mol. The summed E-state index contributed by atoms with van der Waals surface area (Å²) in [5, 5.41) is 2.01. The van der Waals surface area contributed by atoms with Crippen LogP contribution in [-0.2, 0) is 42.7 Å².